The van der Waals surface area contributed by atoms with Crippen LogP contribution in [0.25, 0.3) is 0 Å². The van der Waals surface area contributed by atoms with Gasteiger partial charge >= 0.3 is 0 Å². The molecule has 0 spiro atoms. The molecular formula is C19H34O9. The lowest BCUT2D eigenvalue weighted by Crippen LogP contribution is -2.64. The van der Waals surface area contributed by atoms with Crippen molar-refractivity contribution in [3.8, 4) is 0 Å². The van der Waals surface area contributed by atoms with E-state index in [1.54, 1.807) is 27.7 Å². The Balaban J connectivity index is 2.20. The minimum Gasteiger partial charge on any atom is -0.394 e. The zero-order chi connectivity index (χ0) is 21.4. The lowest BCUT2D eigenvalue weighted by molar-refractivity contribution is -0.329. The van der Waals surface area contributed by atoms with Gasteiger partial charge in [-0.2, -0.15) is 0 Å². The first kappa shape index (κ1) is 23.7. The Bertz CT molecular complexity index is 550. The number of hydrogen-bond acceptors (Lipinski definition) is 9. The van der Waals surface area contributed by atoms with Crippen LogP contribution in [-0.4, -0.2) is 97.0 Å². The Kier molecular flexibility index (Phi) is 7.29. The third-order valence-corrected chi connectivity index (χ3v) is 6.17. The molecule has 1 saturated heterocycles. The summed E-state index contributed by atoms with van der Waals surface area (Å²) >= 11 is 0. The van der Waals surface area contributed by atoms with Crippen molar-refractivity contribution in [1.29, 1.82) is 0 Å². The average Bonchev–Trinajstić information content (AvgIpc) is 2.63. The van der Waals surface area contributed by atoms with Crippen molar-refractivity contribution >= 4 is 0 Å². The van der Waals surface area contributed by atoms with E-state index >= 15 is 0 Å². The zero-order valence-corrected chi connectivity index (χ0v) is 16.7. The topological polar surface area (TPSA) is 160 Å². The molecule has 1 saturated carbocycles. The van der Waals surface area contributed by atoms with Crippen LogP contribution in [0.2, 0.25) is 0 Å². The van der Waals surface area contributed by atoms with Gasteiger partial charge in [0.1, 0.15) is 24.4 Å². The Hall–Kier alpha value is -0.620. The number of rotatable bonds is 5. The Morgan fingerprint density at radius 2 is 1.71 bits per heavy atom. The van der Waals surface area contributed by atoms with Crippen LogP contribution < -0.4 is 0 Å². The first-order chi connectivity index (χ1) is 12.9. The highest BCUT2D eigenvalue weighted by Gasteiger charge is 2.56. The van der Waals surface area contributed by atoms with Gasteiger partial charge in [-0.15, -0.1) is 0 Å². The maximum Gasteiger partial charge on any atom is 0.187 e. The van der Waals surface area contributed by atoms with Gasteiger partial charge in [-0.3, -0.25) is 0 Å². The van der Waals surface area contributed by atoms with E-state index < -0.39 is 72.6 Å². The van der Waals surface area contributed by atoms with Crippen LogP contribution in [0.3, 0.4) is 0 Å². The Morgan fingerprint density at radius 3 is 2.25 bits per heavy atom. The summed E-state index contributed by atoms with van der Waals surface area (Å²) in [5.74, 6) is -0.680. The lowest BCUT2D eigenvalue weighted by atomic mass is 9.58. The van der Waals surface area contributed by atoms with E-state index in [2.05, 4.69) is 0 Å². The van der Waals surface area contributed by atoms with Crippen molar-refractivity contribution < 1.29 is 45.2 Å². The summed E-state index contributed by atoms with van der Waals surface area (Å²) < 4.78 is 11.1. The smallest absolute Gasteiger partial charge is 0.187 e. The molecule has 2 aliphatic rings. The summed E-state index contributed by atoms with van der Waals surface area (Å²) in [6.45, 7) is 6.23. The quantitative estimate of drug-likeness (QED) is 0.263. The number of hydrogen-bond donors (Lipinski definition) is 7. The lowest BCUT2D eigenvalue weighted by Gasteiger charge is -2.54. The predicted octanol–water partition coefficient (Wildman–Crippen LogP) is -1.73. The van der Waals surface area contributed by atoms with Gasteiger partial charge in [0, 0.05) is 11.3 Å². The Labute approximate surface area is 164 Å². The second-order valence-electron chi connectivity index (χ2n) is 8.66. The van der Waals surface area contributed by atoms with E-state index in [1.807, 2.05) is 0 Å². The van der Waals surface area contributed by atoms with Gasteiger partial charge in [0.2, 0.25) is 0 Å². The van der Waals surface area contributed by atoms with Crippen LogP contribution >= 0.6 is 0 Å². The highest BCUT2D eigenvalue weighted by atomic mass is 16.7. The molecule has 7 N–H and O–H groups in total. The van der Waals surface area contributed by atoms with Gasteiger partial charge in [0.05, 0.1) is 30.5 Å². The molecule has 1 aliphatic carbocycles. The van der Waals surface area contributed by atoms with Crippen LogP contribution in [-0.2, 0) is 9.47 Å². The monoisotopic (exact) mass is 406 g/mol. The van der Waals surface area contributed by atoms with Crippen LogP contribution in [0.1, 0.15) is 34.1 Å². The van der Waals surface area contributed by atoms with E-state index in [1.165, 1.54) is 12.2 Å². The van der Waals surface area contributed by atoms with Gasteiger partial charge in [0.15, 0.2) is 6.29 Å². The van der Waals surface area contributed by atoms with Gasteiger partial charge in [-0.1, -0.05) is 32.9 Å². The van der Waals surface area contributed by atoms with Gasteiger partial charge in [0.25, 0.3) is 0 Å². The molecule has 2 fully saturated rings. The highest BCUT2D eigenvalue weighted by Crippen LogP contribution is 2.49. The third kappa shape index (κ3) is 4.28. The largest absolute Gasteiger partial charge is 0.394 e. The molecule has 9 heteroatoms. The van der Waals surface area contributed by atoms with Gasteiger partial charge < -0.3 is 45.2 Å². The van der Waals surface area contributed by atoms with E-state index in [9.17, 15) is 35.7 Å². The fourth-order valence-corrected chi connectivity index (χ4v) is 4.13. The van der Waals surface area contributed by atoms with Gasteiger partial charge in [-0.25, -0.2) is 0 Å². The van der Waals surface area contributed by atoms with E-state index in [4.69, 9.17) is 9.47 Å². The Morgan fingerprint density at radius 1 is 1.11 bits per heavy atom. The molecule has 0 bridgehead atoms. The summed E-state index contributed by atoms with van der Waals surface area (Å²) in [7, 11) is 0. The summed E-state index contributed by atoms with van der Waals surface area (Å²) in [6.07, 6.45) is -6.71. The third-order valence-electron chi connectivity index (χ3n) is 6.17. The van der Waals surface area contributed by atoms with Crippen molar-refractivity contribution in [3.05, 3.63) is 12.2 Å². The molecule has 164 valence electrons. The van der Waals surface area contributed by atoms with E-state index in [-0.39, 0.29) is 6.42 Å². The van der Waals surface area contributed by atoms with Crippen LogP contribution in [0.15, 0.2) is 12.2 Å². The van der Waals surface area contributed by atoms with E-state index in [0.29, 0.717) is 0 Å². The summed E-state index contributed by atoms with van der Waals surface area (Å²) in [5.41, 5.74) is -2.19. The summed E-state index contributed by atoms with van der Waals surface area (Å²) in [4.78, 5) is 0. The van der Waals surface area contributed by atoms with Crippen LogP contribution in [0, 0.1) is 11.3 Å². The number of aliphatic hydroxyl groups excluding tert-OH is 6. The highest BCUT2D eigenvalue weighted by molar-refractivity contribution is 5.17. The fourth-order valence-electron chi connectivity index (χ4n) is 4.13. The van der Waals surface area contributed by atoms with Crippen molar-refractivity contribution in [2.24, 2.45) is 11.3 Å². The number of ether oxygens (including phenoxy) is 2. The molecule has 9 nitrogen and oxygen atoms in total. The minimum absolute atomic E-state index is 0.189. The van der Waals surface area contributed by atoms with E-state index in [0.717, 1.165) is 0 Å². The summed E-state index contributed by atoms with van der Waals surface area (Å²) in [6, 6.07) is 0. The second-order valence-corrected chi connectivity index (χ2v) is 8.66. The maximum absolute atomic E-state index is 11.2. The SMILES string of the molecule is C[C@@H]1[C@H](O)[C@H](O[C@@H]2O[C@H](CO)[C@@H](O)[C@H](O)[C@H]2O)CC(C)(C)[C@]1(O)/C=C/[C@@H](C)O. The molecule has 2 rings (SSSR count). The van der Waals surface area contributed by atoms with Gasteiger partial charge in [-0.05, 0) is 13.3 Å². The van der Waals surface area contributed by atoms with Crippen molar-refractivity contribution in [2.45, 2.75) is 88.7 Å². The van der Waals surface area contributed by atoms with Crippen molar-refractivity contribution in [3.63, 3.8) is 0 Å². The molecule has 28 heavy (non-hydrogen) atoms. The zero-order valence-electron chi connectivity index (χ0n) is 16.7. The predicted molar refractivity (Wildman–Crippen MR) is 98.0 cm³/mol. The molecule has 0 radical (unpaired) electrons. The van der Waals surface area contributed by atoms with Crippen molar-refractivity contribution in [1.82, 2.24) is 0 Å². The maximum atomic E-state index is 11.2. The first-order valence-corrected chi connectivity index (χ1v) is 9.59. The number of aliphatic hydroxyl groups is 7. The second kappa shape index (κ2) is 8.63. The molecule has 0 aromatic rings. The molecule has 0 amide bonds. The normalized spacial score (nSPS) is 48.0. The van der Waals surface area contributed by atoms with Crippen LogP contribution in [0.4, 0.5) is 0 Å². The first-order valence-electron chi connectivity index (χ1n) is 9.59. The molecule has 1 aliphatic heterocycles. The fraction of sp³-hybridized carbons (Fsp3) is 0.895. The van der Waals surface area contributed by atoms with Crippen molar-refractivity contribution in [2.75, 3.05) is 6.61 Å². The molecular weight excluding hydrogens is 372 g/mol. The molecule has 1 heterocycles. The molecule has 10 atom stereocenters. The van der Waals surface area contributed by atoms with Crippen LogP contribution in [0.5, 0.6) is 0 Å². The molecule has 0 aromatic heterocycles. The minimum atomic E-state index is -1.58. The molecule has 0 aromatic carbocycles. The molecule has 0 unspecified atom stereocenters. The summed E-state index contributed by atoms with van der Waals surface area (Å²) in [5, 5.41) is 70.7. The standard InChI is InChI=1S/C19H34O9/c1-9(21)5-6-19(26)10(2)13(22)11(7-18(19,3)4)27-17-16(25)15(24)14(23)12(8-20)28-17/h5-6,9-17,20-26H,7-8H2,1-4H3/b6-5+/t9-,10-,11-,12-,13+,14-,15+,16-,17-,19+/m1/s1. The average molecular weight is 406 g/mol.